The van der Waals surface area contributed by atoms with Crippen molar-refractivity contribution in [3.8, 4) is 0 Å². The van der Waals surface area contributed by atoms with Crippen molar-refractivity contribution >= 4 is 16.2 Å². The van der Waals surface area contributed by atoms with Gasteiger partial charge in [0.2, 0.25) is 10.0 Å². The molecule has 27 heavy (non-hydrogen) atoms. The molecule has 0 amide bonds. The largest absolute Gasteiger partial charge is 0.624 e. The second-order valence-corrected chi connectivity index (χ2v) is 8.14. The van der Waals surface area contributed by atoms with E-state index in [1.165, 1.54) is 18.3 Å². The Hall–Kier alpha value is -2.22. The quantitative estimate of drug-likeness (QED) is 0.298. The Morgan fingerprint density at radius 1 is 1.15 bits per heavy atom. The monoisotopic (exact) mass is 390 g/mol. The zero-order valence-corrected chi connectivity index (χ0v) is 16.4. The molecule has 146 valence electrons. The van der Waals surface area contributed by atoms with E-state index < -0.39 is 22.1 Å². The van der Waals surface area contributed by atoms with E-state index in [9.17, 15) is 18.7 Å². The van der Waals surface area contributed by atoms with Gasteiger partial charge in [0.05, 0.1) is 10.9 Å². The Balaban J connectivity index is 2.27. The van der Waals surface area contributed by atoms with Crippen LogP contribution < -0.4 is 4.72 Å². The molecule has 0 radical (unpaired) electrons. The summed E-state index contributed by atoms with van der Waals surface area (Å²) in [7, 11) is -3.77. The van der Waals surface area contributed by atoms with Gasteiger partial charge in [0.25, 0.3) is 0 Å². The molecule has 2 N–H and O–H groups in total. The number of nitrogens with zero attached hydrogens (tertiary/aromatic N) is 1. The van der Waals surface area contributed by atoms with Gasteiger partial charge >= 0.3 is 0 Å². The highest BCUT2D eigenvalue weighted by atomic mass is 32.2. The second kappa shape index (κ2) is 9.64. The van der Waals surface area contributed by atoms with Crippen LogP contribution >= 0.6 is 0 Å². The number of hydrogen-bond donors (Lipinski definition) is 2. The maximum atomic E-state index is 12.7. The summed E-state index contributed by atoms with van der Waals surface area (Å²) < 4.78 is 28.8. The highest BCUT2D eigenvalue weighted by molar-refractivity contribution is 7.89. The zero-order valence-electron chi connectivity index (χ0n) is 15.6. The molecule has 0 aliphatic carbocycles. The van der Waals surface area contributed by atoms with Gasteiger partial charge in [-0.15, -0.1) is 0 Å². The molecule has 2 aromatic rings. The van der Waals surface area contributed by atoms with Crippen LogP contribution in [0.25, 0.3) is 0 Å². The molecule has 2 rings (SSSR count). The third-order valence-electron chi connectivity index (χ3n) is 4.37. The average Bonchev–Trinajstić information content (AvgIpc) is 2.65. The van der Waals surface area contributed by atoms with Crippen LogP contribution in [-0.4, -0.2) is 43.2 Å². The lowest BCUT2D eigenvalue weighted by molar-refractivity contribution is -0.502. The predicted octanol–water partition coefficient (Wildman–Crippen LogP) is 2.43. The van der Waals surface area contributed by atoms with E-state index in [-0.39, 0.29) is 17.9 Å². The predicted molar refractivity (Wildman–Crippen MR) is 106 cm³/mol. The molecule has 0 saturated carbocycles. The maximum absolute atomic E-state index is 12.7. The van der Waals surface area contributed by atoms with Crippen LogP contribution in [-0.2, 0) is 10.0 Å². The van der Waals surface area contributed by atoms with Gasteiger partial charge in [0, 0.05) is 18.6 Å². The van der Waals surface area contributed by atoms with Gasteiger partial charge in [-0.05, 0) is 37.6 Å². The molecule has 2 atom stereocenters. The third-order valence-corrected chi connectivity index (χ3v) is 5.88. The molecule has 0 unspecified atom stereocenters. The summed E-state index contributed by atoms with van der Waals surface area (Å²) in [4.78, 5) is 0.152. The maximum Gasteiger partial charge on any atom is 0.241 e. The first-order valence-electron chi connectivity index (χ1n) is 8.92. The number of hydrogen-bond acceptors (Lipinski definition) is 4. The van der Waals surface area contributed by atoms with E-state index in [2.05, 4.69) is 4.72 Å². The summed E-state index contributed by atoms with van der Waals surface area (Å²) in [6, 6.07) is 14.2. The van der Waals surface area contributed by atoms with Gasteiger partial charge in [-0.1, -0.05) is 42.8 Å². The highest BCUT2D eigenvalue weighted by Gasteiger charge is 2.31. The Morgan fingerprint density at radius 3 is 2.33 bits per heavy atom. The van der Waals surface area contributed by atoms with Crippen molar-refractivity contribution in [1.29, 1.82) is 0 Å². The summed E-state index contributed by atoms with van der Waals surface area (Å²) in [6.45, 7) is 3.47. The van der Waals surface area contributed by atoms with Gasteiger partial charge in [-0.3, -0.25) is 0 Å². The molecule has 0 saturated heterocycles. The highest BCUT2D eigenvalue weighted by Crippen LogP contribution is 2.15. The first kappa shape index (κ1) is 21.1. The molecule has 0 aliphatic rings. The van der Waals surface area contributed by atoms with Crippen LogP contribution in [0.5, 0.6) is 0 Å². The molecule has 0 fully saturated rings. The normalized spacial score (nSPS) is 14.7. The number of rotatable bonds is 9. The van der Waals surface area contributed by atoms with Crippen molar-refractivity contribution in [1.82, 2.24) is 4.72 Å². The summed E-state index contributed by atoms with van der Waals surface area (Å²) in [5, 5.41) is 22.1. The van der Waals surface area contributed by atoms with Gasteiger partial charge in [0.1, 0.15) is 0 Å². The fraction of sp³-hybridized carbons (Fsp3) is 0.350. The molecule has 0 heterocycles. The van der Waals surface area contributed by atoms with Gasteiger partial charge in [0.15, 0.2) is 12.3 Å². The summed E-state index contributed by atoms with van der Waals surface area (Å²) in [5.74, 6) is 0. The Morgan fingerprint density at radius 2 is 1.78 bits per heavy atom. The van der Waals surface area contributed by atoms with E-state index in [0.29, 0.717) is 12.0 Å². The van der Waals surface area contributed by atoms with Gasteiger partial charge in [-0.2, -0.15) is 0 Å². The Kier molecular flexibility index (Phi) is 7.53. The molecule has 2 aromatic carbocycles. The third kappa shape index (κ3) is 5.89. The van der Waals surface area contributed by atoms with Crippen LogP contribution in [0.3, 0.4) is 0 Å². The number of aliphatic hydroxyl groups excluding tert-OH is 1. The minimum atomic E-state index is -3.77. The lowest BCUT2D eigenvalue weighted by Crippen LogP contribution is -2.47. The SMILES string of the molecule is CC[C@@H](NS(=O)(=O)c1ccc(C)cc1)[C@@H](CCO)/[N+]([O-])=C/c1ccccc1. The van der Waals surface area contributed by atoms with Crippen molar-refractivity contribution in [3.05, 3.63) is 70.9 Å². The van der Waals surface area contributed by atoms with E-state index in [4.69, 9.17) is 0 Å². The lowest BCUT2D eigenvalue weighted by atomic mass is 10.0. The van der Waals surface area contributed by atoms with E-state index in [1.807, 2.05) is 32.0 Å². The number of benzene rings is 2. The van der Waals surface area contributed by atoms with Crippen molar-refractivity contribution in [2.75, 3.05) is 6.61 Å². The fourth-order valence-electron chi connectivity index (χ4n) is 2.84. The first-order valence-corrected chi connectivity index (χ1v) is 10.4. The van der Waals surface area contributed by atoms with Crippen LogP contribution in [0.4, 0.5) is 0 Å². The number of aryl methyl sites for hydroxylation is 1. The topological polar surface area (TPSA) is 92.5 Å². The first-order chi connectivity index (χ1) is 12.9. The van der Waals surface area contributed by atoms with E-state index >= 15 is 0 Å². The molecule has 0 bridgehead atoms. The standard InChI is InChI=1S/C20H26N2O4S/c1-3-19(21-27(25,26)18-11-9-16(2)10-12-18)20(13-14-23)22(24)15-17-7-5-4-6-8-17/h4-12,15,19-21,23H,3,13-14H2,1-2H3/b22-15-/t19-,20-/m1/s1. The van der Waals surface area contributed by atoms with Crippen molar-refractivity contribution in [2.24, 2.45) is 0 Å². The summed E-state index contributed by atoms with van der Waals surface area (Å²) in [5.41, 5.74) is 1.68. The number of hydroxylamine groups is 1. The minimum absolute atomic E-state index is 0.152. The molecule has 6 nitrogen and oxygen atoms in total. The molecule has 0 aromatic heterocycles. The number of aliphatic hydroxyl groups is 1. The van der Waals surface area contributed by atoms with Crippen molar-refractivity contribution in [2.45, 2.75) is 43.7 Å². The van der Waals surface area contributed by atoms with Crippen LogP contribution in [0, 0.1) is 12.1 Å². The smallest absolute Gasteiger partial charge is 0.241 e. The Bertz CT molecular complexity index is 849. The Labute approximate surface area is 160 Å². The van der Waals surface area contributed by atoms with E-state index in [0.717, 1.165) is 10.3 Å². The van der Waals surface area contributed by atoms with Gasteiger partial charge in [-0.25, -0.2) is 17.9 Å². The number of nitrogens with one attached hydrogen (secondary N) is 1. The van der Waals surface area contributed by atoms with E-state index in [1.54, 1.807) is 24.3 Å². The molecular formula is C20H26N2O4S. The van der Waals surface area contributed by atoms with Gasteiger partial charge < -0.3 is 10.3 Å². The number of sulfonamides is 1. The molecule has 7 heteroatoms. The lowest BCUT2D eigenvalue weighted by Gasteiger charge is -2.25. The van der Waals surface area contributed by atoms with Crippen LogP contribution in [0.1, 0.15) is 30.9 Å². The molecule has 0 spiro atoms. The summed E-state index contributed by atoms with van der Waals surface area (Å²) in [6.07, 6.45) is 1.99. The fourth-order valence-corrected chi connectivity index (χ4v) is 4.19. The summed E-state index contributed by atoms with van der Waals surface area (Å²) >= 11 is 0. The molecule has 0 aliphatic heterocycles. The van der Waals surface area contributed by atoms with Crippen molar-refractivity contribution < 1.29 is 18.3 Å². The average molecular weight is 391 g/mol. The zero-order chi connectivity index (χ0) is 19.9. The van der Waals surface area contributed by atoms with Crippen LogP contribution in [0.2, 0.25) is 0 Å². The van der Waals surface area contributed by atoms with Crippen molar-refractivity contribution in [3.63, 3.8) is 0 Å². The second-order valence-electron chi connectivity index (χ2n) is 6.43. The van der Waals surface area contributed by atoms with Crippen LogP contribution in [0.15, 0.2) is 59.5 Å². The molecular weight excluding hydrogens is 364 g/mol. The minimum Gasteiger partial charge on any atom is -0.624 e.